The molecule has 0 saturated heterocycles. The number of anilines is 3. The van der Waals surface area contributed by atoms with Crippen LogP contribution in [0, 0.1) is 0 Å². The molecule has 0 bridgehead atoms. The first-order valence-corrected chi connectivity index (χ1v) is 20.5. The summed E-state index contributed by atoms with van der Waals surface area (Å²) < 4.78 is 4.70. The highest BCUT2D eigenvalue weighted by Crippen LogP contribution is 2.42. The maximum atomic E-state index is 5.36. The molecule has 6 aromatic carbocycles. The lowest BCUT2D eigenvalue weighted by Gasteiger charge is -2.27. The van der Waals surface area contributed by atoms with Gasteiger partial charge in [-0.2, -0.15) is 0 Å². The second kappa shape index (κ2) is 15.7. The molecule has 286 valence electrons. The van der Waals surface area contributed by atoms with Crippen molar-refractivity contribution in [3.05, 3.63) is 174 Å². The van der Waals surface area contributed by atoms with E-state index >= 15 is 0 Å². The molecule has 0 amide bonds. The number of hydrogen-bond donors (Lipinski definition) is 0. The molecule has 0 unspecified atom stereocenters. The number of rotatable bonds is 11. The third-order valence-corrected chi connectivity index (χ3v) is 11.1. The van der Waals surface area contributed by atoms with Crippen molar-refractivity contribution in [1.82, 2.24) is 19.1 Å². The van der Waals surface area contributed by atoms with Crippen LogP contribution in [0.25, 0.3) is 45.2 Å². The maximum absolute atomic E-state index is 5.36. The highest BCUT2D eigenvalue weighted by Gasteiger charge is 2.24. The normalized spacial score (nSPS) is 11.8. The van der Waals surface area contributed by atoms with E-state index in [-0.39, 0.29) is 0 Å². The van der Waals surface area contributed by atoms with Crippen LogP contribution in [0.3, 0.4) is 0 Å². The number of nitrogens with zero attached hydrogens (tertiary/aromatic N) is 5. The molecular formula is C52H53N5. The highest BCUT2D eigenvalue weighted by molar-refractivity contribution is 5.86. The largest absolute Gasteiger partial charge is 0.310 e. The molecule has 2 aromatic heterocycles. The topological polar surface area (TPSA) is 38.9 Å². The van der Waals surface area contributed by atoms with Crippen molar-refractivity contribution in [1.29, 1.82) is 0 Å². The zero-order valence-electron chi connectivity index (χ0n) is 34.5. The third-order valence-electron chi connectivity index (χ3n) is 11.1. The van der Waals surface area contributed by atoms with Crippen molar-refractivity contribution in [3.63, 3.8) is 0 Å². The Hall–Kier alpha value is -6.20. The summed E-state index contributed by atoms with van der Waals surface area (Å²) in [7, 11) is 0. The average molecular weight is 748 g/mol. The molecule has 0 saturated carbocycles. The molecule has 0 aliphatic rings. The molecule has 0 aliphatic carbocycles. The number of aromatic nitrogens is 4. The van der Waals surface area contributed by atoms with E-state index in [9.17, 15) is 0 Å². The van der Waals surface area contributed by atoms with E-state index in [0.717, 1.165) is 50.9 Å². The van der Waals surface area contributed by atoms with Gasteiger partial charge in [-0.15, -0.1) is 0 Å². The van der Waals surface area contributed by atoms with E-state index in [1.807, 2.05) is 6.20 Å². The Morgan fingerprint density at radius 2 is 0.930 bits per heavy atom. The number of imidazole rings is 2. The van der Waals surface area contributed by atoms with Crippen LogP contribution in [0.2, 0.25) is 0 Å². The number of fused-ring (bicyclic) bond motifs is 1. The molecule has 5 heteroatoms. The Morgan fingerprint density at radius 1 is 0.456 bits per heavy atom. The Kier molecular flexibility index (Phi) is 10.4. The van der Waals surface area contributed by atoms with E-state index in [4.69, 9.17) is 9.97 Å². The monoisotopic (exact) mass is 747 g/mol. The van der Waals surface area contributed by atoms with Gasteiger partial charge < -0.3 is 4.90 Å². The predicted octanol–water partition coefficient (Wildman–Crippen LogP) is 14.5. The van der Waals surface area contributed by atoms with Crippen LogP contribution in [0.5, 0.6) is 0 Å². The molecule has 0 atom stereocenters. The summed E-state index contributed by atoms with van der Waals surface area (Å²) in [5, 5.41) is 0. The zero-order valence-corrected chi connectivity index (χ0v) is 34.5. The van der Waals surface area contributed by atoms with E-state index in [2.05, 4.69) is 215 Å². The third kappa shape index (κ3) is 7.08. The quantitative estimate of drug-likeness (QED) is 0.132. The van der Waals surface area contributed by atoms with Gasteiger partial charge >= 0.3 is 0 Å². The van der Waals surface area contributed by atoms with Crippen LogP contribution in [0.4, 0.5) is 17.1 Å². The van der Waals surface area contributed by atoms with Crippen molar-refractivity contribution in [2.45, 2.75) is 79.1 Å². The van der Waals surface area contributed by atoms with Crippen molar-refractivity contribution in [3.8, 4) is 34.2 Å². The molecule has 5 nitrogen and oxygen atoms in total. The Morgan fingerprint density at radius 3 is 1.49 bits per heavy atom. The molecule has 57 heavy (non-hydrogen) atoms. The summed E-state index contributed by atoms with van der Waals surface area (Å²) in [6, 6.07) is 50.3. The summed E-state index contributed by atoms with van der Waals surface area (Å²) in [6.07, 6.45) is 4.04. The van der Waals surface area contributed by atoms with Crippen LogP contribution in [-0.4, -0.2) is 19.1 Å². The van der Waals surface area contributed by atoms with Crippen molar-refractivity contribution in [2.24, 2.45) is 0 Å². The van der Waals surface area contributed by atoms with Crippen LogP contribution in [-0.2, 0) is 0 Å². The second-order valence-corrected chi connectivity index (χ2v) is 16.3. The van der Waals surface area contributed by atoms with Crippen LogP contribution in [0.1, 0.15) is 101 Å². The van der Waals surface area contributed by atoms with E-state index in [1.165, 1.54) is 33.6 Å². The van der Waals surface area contributed by atoms with Gasteiger partial charge in [0, 0.05) is 40.6 Å². The Labute approximate surface area is 338 Å². The van der Waals surface area contributed by atoms with E-state index in [0.29, 0.717) is 23.7 Å². The molecule has 0 spiro atoms. The molecule has 2 heterocycles. The molecular weight excluding hydrogens is 695 g/mol. The first kappa shape index (κ1) is 37.7. The summed E-state index contributed by atoms with van der Waals surface area (Å²) >= 11 is 0. The van der Waals surface area contributed by atoms with Crippen LogP contribution in [0.15, 0.2) is 152 Å². The minimum Gasteiger partial charge on any atom is -0.310 e. The van der Waals surface area contributed by atoms with Gasteiger partial charge in [-0.05, 0) is 94.5 Å². The SMILES string of the molecule is CC(C)c1cccc(C(C)C)c1-n1ccnc1-c1cccc(N(c2ccccc2)c2cccc(-c3nc4ccccc4n3-c3c(C(C)C)cccc3C(C)C)c2)c1. The number of hydrogen-bond acceptors (Lipinski definition) is 3. The standard InChI is InChI=1S/C52H53N5/c1-34(2)43-24-16-25-44(35(3)4)49(43)55-31-30-53-51(55)38-18-14-22-41(32-38)56(40-20-10-9-11-21-40)42-23-15-19-39(33-42)52-54-47-28-12-13-29-48(47)57(52)50-45(36(5)6)26-17-27-46(50)37(7)8/h9-37H,1-8H3. The first-order valence-electron chi connectivity index (χ1n) is 20.5. The lowest BCUT2D eigenvalue weighted by Crippen LogP contribution is -2.11. The average Bonchev–Trinajstić information content (AvgIpc) is 3.87. The fourth-order valence-electron chi connectivity index (χ4n) is 8.30. The van der Waals surface area contributed by atoms with Crippen molar-refractivity contribution >= 4 is 28.1 Å². The van der Waals surface area contributed by atoms with Gasteiger partial charge in [-0.1, -0.05) is 146 Å². The van der Waals surface area contributed by atoms with Gasteiger partial charge in [0.05, 0.1) is 22.4 Å². The maximum Gasteiger partial charge on any atom is 0.145 e. The molecule has 8 aromatic rings. The predicted molar refractivity (Wildman–Crippen MR) is 240 cm³/mol. The molecule has 8 rings (SSSR count). The van der Waals surface area contributed by atoms with Gasteiger partial charge in [0.25, 0.3) is 0 Å². The minimum absolute atomic E-state index is 0.339. The van der Waals surface area contributed by atoms with Crippen molar-refractivity contribution in [2.75, 3.05) is 4.90 Å². The fraction of sp³-hybridized carbons (Fsp3) is 0.231. The fourth-order valence-corrected chi connectivity index (χ4v) is 8.30. The molecule has 0 N–H and O–H groups in total. The number of para-hydroxylation sites is 5. The number of benzene rings is 6. The Balaban J connectivity index is 1.30. The summed E-state index contributed by atoms with van der Waals surface area (Å²) in [6.45, 7) is 18.2. The minimum atomic E-state index is 0.339. The van der Waals surface area contributed by atoms with Gasteiger partial charge in [-0.25, -0.2) is 9.97 Å². The molecule has 0 radical (unpaired) electrons. The Bertz CT molecular complexity index is 2610. The first-order chi connectivity index (χ1) is 27.6. The lowest BCUT2D eigenvalue weighted by molar-refractivity contribution is 0.806. The van der Waals surface area contributed by atoms with Gasteiger partial charge in [0.15, 0.2) is 0 Å². The van der Waals surface area contributed by atoms with E-state index in [1.54, 1.807) is 0 Å². The zero-order chi connectivity index (χ0) is 39.8. The second-order valence-electron chi connectivity index (χ2n) is 16.3. The van der Waals surface area contributed by atoms with Gasteiger partial charge in [0.2, 0.25) is 0 Å². The summed E-state index contributed by atoms with van der Waals surface area (Å²) in [5.41, 5.74) is 15.1. The summed E-state index contributed by atoms with van der Waals surface area (Å²) in [5.74, 6) is 3.27. The smallest absolute Gasteiger partial charge is 0.145 e. The summed E-state index contributed by atoms with van der Waals surface area (Å²) in [4.78, 5) is 12.7. The van der Waals surface area contributed by atoms with Crippen LogP contribution >= 0.6 is 0 Å². The van der Waals surface area contributed by atoms with Gasteiger partial charge in [0.1, 0.15) is 11.6 Å². The van der Waals surface area contributed by atoms with Crippen molar-refractivity contribution < 1.29 is 0 Å². The lowest BCUT2D eigenvalue weighted by atomic mass is 9.92. The molecule has 0 aliphatic heterocycles. The molecule has 0 fully saturated rings. The van der Waals surface area contributed by atoms with Crippen LogP contribution < -0.4 is 4.90 Å². The highest BCUT2D eigenvalue weighted by atomic mass is 15.1. The van der Waals surface area contributed by atoms with E-state index < -0.39 is 0 Å². The van der Waals surface area contributed by atoms with Gasteiger partial charge in [-0.3, -0.25) is 9.13 Å².